The van der Waals surface area contributed by atoms with Crippen LogP contribution in [0.15, 0.2) is 55.2 Å². The van der Waals surface area contributed by atoms with Crippen LogP contribution in [0.1, 0.15) is 17.0 Å². The highest BCUT2D eigenvalue weighted by Gasteiger charge is 2.24. The Labute approximate surface area is 224 Å². The summed E-state index contributed by atoms with van der Waals surface area (Å²) >= 11 is 12.6. The minimum absolute atomic E-state index is 0.724. The number of halogens is 2. The van der Waals surface area contributed by atoms with Crippen LogP contribution in [0.4, 0.5) is 11.5 Å². The van der Waals surface area contributed by atoms with Gasteiger partial charge in [-0.3, -0.25) is 4.90 Å². The predicted octanol–water partition coefficient (Wildman–Crippen LogP) is 5.15. The fraction of sp³-hybridized carbons (Fsp3) is 0.393. The van der Waals surface area contributed by atoms with Gasteiger partial charge in [-0.15, -0.1) is 0 Å². The molecule has 3 aromatic rings. The minimum atomic E-state index is 0.724. The summed E-state index contributed by atoms with van der Waals surface area (Å²) in [6.45, 7) is 15.3. The molecule has 2 saturated heterocycles. The van der Waals surface area contributed by atoms with E-state index in [1.165, 1.54) is 22.6 Å². The van der Waals surface area contributed by atoms with Crippen LogP contribution >= 0.6 is 23.2 Å². The number of rotatable bonds is 6. The van der Waals surface area contributed by atoms with E-state index in [0.717, 1.165) is 80.5 Å². The van der Waals surface area contributed by atoms with E-state index in [1.807, 2.05) is 36.5 Å². The van der Waals surface area contributed by atoms with Crippen molar-refractivity contribution in [1.82, 2.24) is 19.4 Å². The van der Waals surface area contributed by atoms with Gasteiger partial charge in [0.1, 0.15) is 5.82 Å². The number of pyridine rings is 1. The molecule has 0 saturated carbocycles. The molecule has 4 heterocycles. The summed E-state index contributed by atoms with van der Waals surface area (Å²) < 4.78 is 2.30. The van der Waals surface area contributed by atoms with Gasteiger partial charge in [0, 0.05) is 88.6 Å². The molecular weight excluding hydrogens is 491 g/mol. The second kappa shape index (κ2) is 10.8. The third-order valence-corrected chi connectivity index (χ3v) is 8.11. The maximum atomic E-state index is 6.36. The Hall–Kier alpha value is -2.67. The molecule has 2 aliphatic heterocycles. The lowest BCUT2D eigenvalue weighted by Gasteiger charge is -2.38. The third-order valence-electron chi connectivity index (χ3n) is 7.58. The molecule has 5 rings (SSSR count). The van der Waals surface area contributed by atoms with E-state index in [-0.39, 0.29) is 0 Å². The summed E-state index contributed by atoms with van der Waals surface area (Å²) in [5.74, 6) is 0.892. The number of benzene rings is 1. The van der Waals surface area contributed by atoms with Crippen LogP contribution in [0, 0.1) is 6.92 Å². The molecule has 2 aromatic heterocycles. The summed E-state index contributed by atoms with van der Waals surface area (Å²) in [5, 5.41) is 1.51. The zero-order valence-electron chi connectivity index (χ0n) is 21.1. The lowest BCUT2D eigenvalue weighted by Crippen LogP contribution is -2.46. The number of anilines is 2. The van der Waals surface area contributed by atoms with Crippen LogP contribution in [0.5, 0.6) is 0 Å². The zero-order chi connectivity index (χ0) is 25.2. The molecule has 2 aliphatic rings. The normalized spacial score (nSPS) is 17.1. The number of nitrogens with zero attached hydrogens (tertiary/aromatic N) is 6. The molecule has 1 aromatic carbocycles. The SMILES string of the molecule is C=C(c1cc(CN2CCN(c3ncccc3Cl)CC2)c(C)n1C)N1CCN(c2cccc(Cl)c2)CC1. The molecule has 8 heteroatoms. The summed E-state index contributed by atoms with van der Waals surface area (Å²) in [4.78, 5) is 14.1. The molecular formula is C28H34Cl2N6. The minimum Gasteiger partial charge on any atom is -0.368 e. The van der Waals surface area contributed by atoms with Gasteiger partial charge in [0.25, 0.3) is 0 Å². The van der Waals surface area contributed by atoms with Gasteiger partial charge in [-0.05, 0) is 48.9 Å². The second-order valence-corrected chi connectivity index (χ2v) is 10.5. The first kappa shape index (κ1) is 25.0. The van der Waals surface area contributed by atoms with Crippen LogP contribution in [-0.2, 0) is 13.6 Å². The van der Waals surface area contributed by atoms with Crippen molar-refractivity contribution in [1.29, 1.82) is 0 Å². The quantitative estimate of drug-likeness (QED) is 0.445. The Bertz CT molecular complexity index is 1220. The standard InChI is InChI=1S/C28H34Cl2N6/c1-21-23(20-33-10-12-36(13-11-33)28-26(30)8-5-9-31-28)18-27(32(21)3)22(2)34-14-16-35(17-15-34)25-7-4-6-24(29)19-25/h4-9,18-19H,2,10-17,20H2,1,3H3. The summed E-state index contributed by atoms with van der Waals surface area (Å²) in [6, 6.07) is 14.2. The first-order valence-electron chi connectivity index (χ1n) is 12.6. The van der Waals surface area contributed by atoms with Gasteiger partial charge in [-0.2, -0.15) is 0 Å². The topological polar surface area (TPSA) is 30.8 Å². The van der Waals surface area contributed by atoms with Gasteiger partial charge in [0.2, 0.25) is 0 Å². The fourth-order valence-corrected chi connectivity index (χ4v) is 5.66. The van der Waals surface area contributed by atoms with Gasteiger partial charge >= 0.3 is 0 Å². The first-order valence-corrected chi connectivity index (χ1v) is 13.3. The molecule has 36 heavy (non-hydrogen) atoms. The molecule has 0 bridgehead atoms. The van der Waals surface area contributed by atoms with E-state index in [9.17, 15) is 0 Å². The van der Waals surface area contributed by atoms with Crippen molar-refractivity contribution in [3.63, 3.8) is 0 Å². The average Bonchev–Trinajstić information content (AvgIpc) is 3.18. The summed E-state index contributed by atoms with van der Waals surface area (Å²) in [6.07, 6.45) is 1.81. The van der Waals surface area contributed by atoms with E-state index in [4.69, 9.17) is 23.2 Å². The van der Waals surface area contributed by atoms with Crippen LogP contribution in [0.2, 0.25) is 10.0 Å². The molecule has 190 valence electrons. The van der Waals surface area contributed by atoms with Crippen LogP contribution in [0.25, 0.3) is 5.70 Å². The van der Waals surface area contributed by atoms with Gasteiger partial charge in [-0.25, -0.2) is 4.98 Å². The fourth-order valence-electron chi connectivity index (χ4n) is 5.24. The highest BCUT2D eigenvalue weighted by Crippen LogP contribution is 2.28. The number of piperazine rings is 2. The maximum Gasteiger partial charge on any atom is 0.147 e. The van der Waals surface area contributed by atoms with Crippen LogP contribution in [0.3, 0.4) is 0 Å². The highest BCUT2D eigenvalue weighted by atomic mass is 35.5. The van der Waals surface area contributed by atoms with Crippen LogP contribution in [-0.4, -0.2) is 71.7 Å². The smallest absolute Gasteiger partial charge is 0.147 e. The number of hydrogen-bond donors (Lipinski definition) is 0. The van der Waals surface area contributed by atoms with Crippen molar-refractivity contribution in [3.05, 3.63) is 82.2 Å². The molecule has 0 radical (unpaired) electrons. The van der Waals surface area contributed by atoms with Gasteiger partial charge in [0.05, 0.1) is 16.4 Å². The lowest BCUT2D eigenvalue weighted by atomic mass is 10.2. The van der Waals surface area contributed by atoms with E-state index in [2.05, 4.69) is 61.8 Å². The van der Waals surface area contributed by atoms with Crippen molar-refractivity contribution in [3.8, 4) is 0 Å². The van der Waals surface area contributed by atoms with E-state index in [1.54, 1.807) is 0 Å². The zero-order valence-corrected chi connectivity index (χ0v) is 22.6. The molecule has 0 atom stereocenters. The maximum absolute atomic E-state index is 6.36. The molecule has 0 unspecified atom stereocenters. The van der Waals surface area contributed by atoms with E-state index >= 15 is 0 Å². The highest BCUT2D eigenvalue weighted by molar-refractivity contribution is 6.33. The Morgan fingerprint density at radius 3 is 2.33 bits per heavy atom. The Balaban J connectivity index is 1.19. The molecule has 0 amide bonds. The van der Waals surface area contributed by atoms with Gasteiger partial charge in [0.15, 0.2) is 0 Å². The average molecular weight is 526 g/mol. The summed E-state index contributed by atoms with van der Waals surface area (Å²) in [7, 11) is 2.16. The number of aromatic nitrogens is 2. The Morgan fingerprint density at radius 2 is 1.64 bits per heavy atom. The molecule has 2 fully saturated rings. The van der Waals surface area contributed by atoms with Crippen molar-refractivity contribution >= 4 is 40.4 Å². The molecule has 6 nitrogen and oxygen atoms in total. The van der Waals surface area contributed by atoms with Gasteiger partial charge in [-0.1, -0.05) is 35.8 Å². The van der Waals surface area contributed by atoms with E-state index < -0.39 is 0 Å². The largest absolute Gasteiger partial charge is 0.368 e. The first-order chi connectivity index (χ1) is 17.4. The van der Waals surface area contributed by atoms with Crippen molar-refractivity contribution < 1.29 is 0 Å². The number of hydrogen-bond acceptors (Lipinski definition) is 5. The van der Waals surface area contributed by atoms with Crippen molar-refractivity contribution in [2.24, 2.45) is 7.05 Å². The Morgan fingerprint density at radius 1 is 0.917 bits per heavy atom. The molecule has 0 N–H and O–H groups in total. The molecule has 0 aliphatic carbocycles. The Kier molecular flexibility index (Phi) is 7.47. The monoisotopic (exact) mass is 524 g/mol. The van der Waals surface area contributed by atoms with Crippen molar-refractivity contribution in [2.75, 3.05) is 62.2 Å². The predicted molar refractivity (Wildman–Crippen MR) is 151 cm³/mol. The van der Waals surface area contributed by atoms with Gasteiger partial charge < -0.3 is 19.3 Å². The third kappa shape index (κ3) is 5.22. The lowest BCUT2D eigenvalue weighted by molar-refractivity contribution is 0.249. The van der Waals surface area contributed by atoms with E-state index in [0.29, 0.717) is 0 Å². The second-order valence-electron chi connectivity index (χ2n) is 9.67. The van der Waals surface area contributed by atoms with Crippen LogP contribution < -0.4 is 9.80 Å². The van der Waals surface area contributed by atoms with Crippen molar-refractivity contribution in [2.45, 2.75) is 13.5 Å². The summed E-state index contributed by atoms with van der Waals surface area (Å²) in [5.41, 5.74) is 6.18. The molecule has 0 spiro atoms.